The summed E-state index contributed by atoms with van der Waals surface area (Å²) in [7, 11) is 1.63. The Morgan fingerprint density at radius 3 is 2.83 bits per heavy atom. The Morgan fingerprint density at radius 1 is 1.44 bits per heavy atom. The molecule has 0 saturated carbocycles. The van der Waals surface area contributed by atoms with Crippen LogP contribution in [-0.4, -0.2) is 19.6 Å². The van der Waals surface area contributed by atoms with Gasteiger partial charge in [0, 0.05) is 18.0 Å². The van der Waals surface area contributed by atoms with Crippen molar-refractivity contribution in [2.45, 2.75) is 26.3 Å². The molecule has 0 bridgehead atoms. The molecule has 0 aliphatic carbocycles. The Balaban J connectivity index is 2.46. The van der Waals surface area contributed by atoms with Gasteiger partial charge in [-0.1, -0.05) is 25.1 Å². The fourth-order valence-corrected chi connectivity index (χ4v) is 1.76. The molecule has 0 fully saturated rings. The molecule has 0 radical (unpaired) electrons. The van der Waals surface area contributed by atoms with Crippen LogP contribution >= 0.6 is 0 Å². The highest BCUT2D eigenvalue weighted by molar-refractivity contribution is 5.78. The first-order chi connectivity index (χ1) is 8.69. The molecular formula is C14H22N2O2. The van der Waals surface area contributed by atoms with Crippen LogP contribution in [-0.2, 0) is 11.3 Å². The molecule has 0 heterocycles. The summed E-state index contributed by atoms with van der Waals surface area (Å²) in [5.74, 6) is 0.866. The number of methoxy groups -OCH3 is 1. The molecule has 0 aliphatic rings. The lowest BCUT2D eigenvalue weighted by molar-refractivity contribution is -0.124. The molecule has 0 saturated heterocycles. The van der Waals surface area contributed by atoms with E-state index in [4.69, 9.17) is 10.5 Å². The quantitative estimate of drug-likeness (QED) is 0.774. The number of carbonyl (C=O) groups excluding carboxylic acids is 1. The van der Waals surface area contributed by atoms with Crippen LogP contribution in [0.5, 0.6) is 5.75 Å². The Kier molecular flexibility index (Phi) is 6.22. The van der Waals surface area contributed by atoms with Gasteiger partial charge >= 0.3 is 0 Å². The van der Waals surface area contributed by atoms with Gasteiger partial charge < -0.3 is 15.8 Å². The number of rotatable bonds is 7. The van der Waals surface area contributed by atoms with E-state index in [2.05, 4.69) is 5.32 Å². The molecule has 1 rings (SSSR count). The highest BCUT2D eigenvalue weighted by Crippen LogP contribution is 2.17. The Hall–Kier alpha value is -1.55. The zero-order chi connectivity index (χ0) is 13.4. The molecule has 3 N–H and O–H groups in total. The molecule has 0 aromatic heterocycles. The summed E-state index contributed by atoms with van der Waals surface area (Å²) in [5.41, 5.74) is 6.42. The van der Waals surface area contributed by atoms with Crippen LogP contribution < -0.4 is 15.8 Å². The Labute approximate surface area is 109 Å². The van der Waals surface area contributed by atoms with E-state index in [9.17, 15) is 4.79 Å². The number of nitrogens with one attached hydrogen (secondary N) is 1. The Morgan fingerprint density at radius 2 is 2.17 bits per heavy atom. The smallest absolute Gasteiger partial charge is 0.223 e. The number of para-hydroxylation sites is 1. The van der Waals surface area contributed by atoms with Gasteiger partial charge in [0.15, 0.2) is 0 Å². The number of nitrogens with two attached hydrogens (primary N) is 1. The molecule has 100 valence electrons. The average Bonchev–Trinajstić information content (AvgIpc) is 2.42. The summed E-state index contributed by atoms with van der Waals surface area (Å²) in [4.78, 5) is 11.8. The zero-order valence-corrected chi connectivity index (χ0v) is 11.1. The standard InChI is InChI=1S/C14H22N2O2/c1-11(6-5-9-15)14(17)16-10-12-7-3-4-8-13(12)18-2/h3-4,7-8,11H,5-6,9-10,15H2,1-2H3,(H,16,17). The zero-order valence-electron chi connectivity index (χ0n) is 11.1. The minimum Gasteiger partial charge on any atom is -0.496 e. The molecule has 1 atom stereocenters. The molecule has 18 heavy (non-hydrogen) atoms. The lowest BCUT2D eigenvalue weighted by atomic mass is 10.0. The Bertz CT molecular complexity index is 380. The van der Waals surface area contributed by atoms with Crippen molar-refractivity contribution in [3.8, 4) is 5.75 Å². The van der Waals surface area contributed by atoms with Gasteiger partial charge in [-0.05, 0) is 25.5 Å². The molecule has 1 unspecified atom stereocenters. The third-order valence-electron chi connectivity index (χ3n) is 2.93. The van der Waals surface area contributed by atoms with E-state index in [1.807, 2.05) is 31.2 Å². The fourth-order valence-electron chi connectivity index (χ4n) is 1.76. The SMILES string of the molecule is COc1ccccc1CNC(=O)C(C)CCCN. The third kappa shape index (κ3) is 4.37. The molecule has 0 aliphatic heterocycles. The van der Waals surface area contributed by atoms with Crippen molar-refractivity contribution < 1.29 is 9.53 Å². The van der Waals surface area contributed by atoms with Crippen molar-refractivity contribution in [2.24, 2.45) is 11.7 Å². The second kappa shape index (κ2) is 7.71. The third-order valence-corrected chi connectivity index (χ3v) is 2.93. The molecule has 4 nitrogen and oxygen atoms in total. The first kappa shape index (κ1) is 14.5. The van der Waals surface area contributed by atoms with Crippen LogP contribution in [0.25, 0.3) is 0 Å². The fraction of sp³-hybridized carbons (Fsp3) is 0.500. The van der Waals surface area contributed by atoms with Gasteiger partial charge in [0.1, 0.15) is 5.75 Å². The molecule has 1 aromatic rings. The number of benzene rings is 1. The first-order valence-electron chi connectivity index (χ1n) is 6.28. The molecule has 4 heteroatoms. The maximum atomic E-state index is 11.8. The lowest BCUT2D eigenvalue weighted by Crippen LogP contribution is -2.29. The predicted molar refractivity (Wildman–Crippen MR) is 72.3 cm³/mol. The molecule has 1 amide bonds. The van der Waals surface area contributed by atoms with Crippen molar-refractivity contribution in [1.29, 1.82) is 0 Å². The van der Waals surface area contributed by atoms with E-state index in [1.165, 1.54) is 0 Å². The van der Waals surface area contributed by atoms with Crippen molar-refractivity contribution in [1.82, 2.24) is 5.32 Å². The lowest BCUT2D eigenvalue weighted by Gasteiger charge is -2.13. The maximum Gasteiger partial charge on any atom is 0.223 e. The highest BCUT2D eigenvalue weighted by atomic mass is 16.5. The van der Waals surface area contributed by atoms with Gasteiger partial charge in [0.25, 0.3) is 0 Å². The van der Waals surface area contributed by atoms with Crippen molar-refractivity contribution in [3.63, 3.8) is 0 Å². The van der Waals surface area contributed by atoms with Crippen molar-refractivity contribution in [3.05, 3.63) is 29.8 Å². The van der Waals surface area contributed by atoms with Crippen LogP contribution in [0, 0.1) is 5.92 Å². The van der Waals surface area contributed by atoms with E-state index in [0.717, 1.165) is 24.2 Å². The number of ether oxygens (including phenoxy) is 1. The number of carbonyl (C=O) groups is 1. The monoisotopic (exact) mass is 250 g/mol. The van der Waals surface area contributed by atoms with Crippen LogP contribution in [0.2, 0.25) is 0 Å². The normalized spacial score (nSPS) is 11.9. The van der Waals surface area contributed by atoms with Gasteiger partial charge in [0.05, 0.1) is 7.11 Å². The van der Waals surface area contributed by atoms with Gasteiger partial charge in [0.2, 0.25) is 5.91 Å². The number of hydrogen-bond donors (Lipinski definition) is 2. The molecular weight excluding hydrogens is 228 g/mol. The summed E-state index contributed by atoms with van der Waals surface area (Å²) in [5, 5.41) is 2.92. The molecule has 0 spiro atoms. The average molecular weight is 250 g/mol. The summed E-state index contributed by atoms with van der Waals surface area (Å²) in [6, 6.07) is 7.68. The van der Waals surface area contributed by atoms with Crippen molar-refractivity contribution in [2.75, 3.05) is 13.7 Å². The number of hydrogen-bond acceptors (Lipinski definition) is 3. The topological polar surface area (TPSA) is 64.3 Å². The predicted octanol–water partition coefficient (Wildman–Crippen LogP) is 1.69. The minimum absolute atomic E-state index is 0.00302. The largest absolute Gasteiger partial charge is 0.496 e. The maximum absolute atomic E-state index is 11.8. The van der Waals surface area contributed by atoms with E-state index in [-0.39, 0.29) is 11.8 Å². The molecule has 1 aromatic carbocycles. The first-order valence-corrected chi connectivity index (χ1v) is 6.28. The van der Waals surface area contributed by atoms with E-state index in [0.29, 0.717) is 13.1 Å². The van der Waals surface area contributed by atoms with Crippen LogP contribution in [0.15, 0.2) is 24.3 Å². The van der Waals surface area contributed by atoms with Crippen LogP contribution in [0.1, 0.15) is 25.3 Å². The van der Waals surface area contributed by atoms with Gasteiger partial charge in [-0.25, -0.2) is 0 Å². The van der Waals surface area contributed by atoms with Crippen LogP contribution in [0.3, 0.4) is 0 Å². The second-order valence-corrected chi connectivity index (χ2v) is 4.36. The van der Waals surface area contributed by atoms with Crippen LogP contribution in [0.4, 0.5) is 0 Å². The second-order valence-electron chi connectivity index (χ2n) is 4.36. The summed E-state index contributed by atoms with van der Waals surface area (Å²) in [6.07, 6.45) is 1.71. The van der Waals surface area contributed by atoms with Crippen molar-refractivity contribution >= 4 is 5.91 Å². The summed E-state index contributed by atoms with van der Waals surface area (Å²) in [6.45, 7) is 3.05. The van der Waals surface area contributed by atoms with E-state index < -0.39 is 0 Å². The van der Waals surface area contributed by atoms with E-state index in [1.54, 1.807) is 7.11 Å². The number of amides is 1. The highest BCUT2D eigenvalue weighted by Gasteiger charge is 2.12. The van der Waals surface area contributed by atoms with Gasteiger partial charge in [-0.3, -0.25) is 4.79 Å². The summed E-state index contributed by atoms with van der Waals surface area (Å²) < 4.78 is 5.24. The summed E-state index contributed by atoms with van der Waals surface area (Å²) >= 11 is 0. The van der Waals surface area contributed by atoms with Gasteiger partial charge in [-0.2, -0.15) is 0 Å². The van der Waals surface area contributed by atoms with E-state index >= 15 is 0 Å². The van der Waals surface area contributed by atoms with Gasteiger partial charge in [-0.15, -0.1) is 0 Å². The minimum atomic E-state index is 0.00302.